The topological polar surface area (TPSA) is 55.6 Å². The van der Waals surface area contributed by atoms with Crippen molar-refractivity contribution in [3.8, 4) is 0 Å². The molecule has 0 radical (unpaired) electrons. The lowest BCUT2D eigenvalue weighted by atomic mass is 9.84. The molecule has 0 spiro atoms. The van der Waals surface area contributed by atoms with Gasteiger partial charge in [-0.15, -0.1) is 0 Å². The van der Waals surface area contributed by atoms with Gasteiger partial charge in [-0.1, -0.05) is 0 Å². The van der Waals surface area contributed by atoms with E-state index in [9.17, 15) is 4.79 Å². The highest BCUT2D eigenvalue weighted by Gasteiger charge is 2.37. The molecule has 2 N–H and O–H groups in total. The van der Waals surface area contributed by atoms with Gasteiger partial charge in [0.15, 0.2) is 0 Å². The highest BCUT2D eigenvalue weighted by atomic mass is 16.5. The van der Waals surface area contributed by atoms with Gasteiger partial charge in [0.25, 0.3) is 0 Å². The van der Waals surface area contributed by atoms with E-state index >= 15 is 0 Å². The zero-order valence-corrected chi connectivity index (χ0v) is 8.38. The van der Waals surface area contributed by atoms with Crippen molar-refractivity contribution in [2.45, 2.75) is 12.8 Å². The molecule has 13 heavy (non-hydrogen) atoms. The van der Waals surface area contributed by atoms with Crippen molar-refractivity contribution < 1.29 is 9.53 Å². The molecule has 0 amide bonds. The first-order valence-electron chi connectivity index (χ1n) is 4.57. The Morgan fingerprint density at radius 2 is 2.38 bits per heavy atom. The van der Waals surface area contributed by atoms with Gasteiger partial charge in [-0.05, 0) is 26.6 Å². The van der Waals surface area contributed by atoms with Gasteiger partial charge < -0.3 is 15.4 Å². The molecular weight excluding hydrogens is 168 g/mol. The molecule has 1 rings (SSSR count). The third kappa shape index (κ3) is 2.42. The van der Waals surface area contributed by atoms with Crippen LogP contribution in [0.4, 0.5) is 0 Å². The summed E-state index contributed by atoms with van der Waals surface area (Å²) in [4.78, 5) is 13.3. The SMILES string of the molecule is COC(=O)CC1(CN)CCN(C)C1. The average Bonchev–Trinajstić information content (AvgIpc) is 2.48. The molecule has 1 aliphatic rings. The Morgan fingerprint density at radius 3 is 2.77 bits per heavy atom. The van der Waals surface area contributed by atoms with Crippen molar-refractivity contribution in [2.75, 3.05) is 33.8 Å². The minimum atomic E-state index is -0.152. The molecular formula is C9H18N2O2. The van der Waals surface area contributed by atoms with Crippen molar-refractivity contribution in [3.05, 3.63) is 0 Å². The van der Waals surface area contributed by atoms with Crippen molar-refractivity contribution >= 4 is 5.97 Å². The van der Waals surface area contributed by atoms with Gasteiger partial charge in [0.2, 0.25) is 0 Å². The second-order valence-corrected chi connectivity index (χ2v) is 3.94. The summed E-state index contributed by atoms with van der Waals surface area (Å²) in [5, 5.41) is 0. The molecule has 1 fully saturated rings. The number of nitrogens with two attached hydrogens (primary N) is 1. The number of ether oxygens (including phenoxy) is 1. The van der Waals surface area contributed by atoms with Crippen molar-refractivity contribution in [3.63, 3.8) is 0 Å². The van der Waals surface area contributed by atoms with E-state index in [1.165, 1.54) is 7.11 Å². The summed E-state index contributed by atoms with van der Waals surface area (Å²) >= 11 is 0. The van der Waals surface area contributed by atoms with Crippen LogP contribution in [0, 0.1) is 5.41 Å². The van der Waals surface area contributed by atoms with Crippen LogP contribution in [0.1, 0.15) is 12.8 Å². The van der Waals surface area contributed by atoms with E-state index in [1.807, 2.05) is 0 Å². The number of carbonyl (C=O) groups excluding carboxylic acids is 1. The highest BCUT2D eigenvalue weighted by Crippen LogP contribution is 2.32. The normalized spacial score (nSPS) is 29.2. The third-order valence-electron chi connectivity index (χ3n) is 2.81. The fourth-order valence-corrected chi connectivity index (χ4v) is 1.92. The van der Waals surface area contributed by atoms with Gasteiger partial charge in [-0.2, -0.15) is 0 Å². The van der Waals surface area contributed by atoms with Crippen LogP contribution in [0.3, 0.4) is 0 Å². The summed E-state index contributed by atoms with van der Waals surface area (Å²) in [6.45, 7) is 2.49. The summed E-state index contributed by atoms with van der Waals surface area (Å²) < 4.78 is 4.66. The Labute approximate surface area is 79.0 Å². The van der Waals surface area contributed by atoms with Gasteiger partial charge in [0.1, 0.15) is 0 Å². The van der Waals surface area contributed by atoms with Crippen molar-refractivity contribution in [1.29, 1.82) is 0 Å². The lowest BCUT2D eigenvalue weighted by Crippen LogP contribution is -2.35. The summed E-state index contributed by atoms with van der Waals surface area (Å²) in [7, 11) is 3.47. The van der Waals surface area contributed by atoms with E-state index < -0.39 is 0 Å². The second kappa shape index (κ2) is 4.07. The molecule has 1 aliphatic heterocycles. The van der Waals surface area contributed by atoms with Gasteiger partial charge in [-0.3, -0.25) is 4.79 Å². The Bertz CT molecular complexity index is 196. The van der Waals surface area contributed by atoms with Gasteiger partial charge >= 0.3 is 5.97 Å². The minimum absolute atomic E-state index is 0.0398. The number of carbonyl (C=O) groups is 1. The van der Waals surface area contributed by atoms with Crippen LogP contribution in [0.15, 0.2) is 0 Å². The summed E-state index contributed by atoms with van der Waals surface area (Å²) in [6.07, 6.45) is 1.44. The van der Waals surface area contributed by atoms with Gasteiger partial charge in [-0.25, -0.2) is 0 Å². The number of hydrogen-bond donors (Lipinski definition) is 1. The van der Waals surface area contributed by atoms with E-state index in [-0.39, 0.29) is 11.4 Å². The summed E-state index contributed by atoms with van der Waals surface area (Å²) in [6, 6.07) is 0. The summed E-state index contributed by atoms with van der Waals surface area (Å²) in [5.74, 6) is -0.152. The molecule has 1 heterocycles. The molecule has 1 saturated heterocycles. The number of nitrogens with zero attached hydrogens (tertiary/aromatic N) is 1. The zero-order chi connectivity index (χ0) is 9.90. The van der Waals surface area contributed by atoms with Crippen molar-refractivity contribution in [2.24, 2.45) is 11.1 Å². The first-order chi connectivity index (χ1) is 6.12. The second-order valence-electron chi connectivity index (χ2n) is 3.94. The molecule has 0 bridgehead atoms. The molecule has 1 atom stereocenters. The number of rotatable bonds is 3. The molecule has 76 valence electrons. The molecule has 0 aromatic heterocycles. The molecule has 1 unspecified atom stereocenters. The maximum atomic E-state index is 11.1. The van der Waals surface area contributed by atoms with Gasteiger partial charge in [0.05, 0.1) is 13.5 Å². The average molecular weight is 186 g/mol. The number of esters is 1. The Morgan fingerprint density at radius 1 is 1.69 bits per heavy atom. The molecule has 4 heteroatoms. The van der Waals surface area contributed by atoms with Gasteiger partial charge in [0, 0.05) is 12.0 Å². The quantitative estimate of drug-likeness (QED) is 0.622. The minimum Gasteiger partial charge on any atom is -0.469 e. The standard InChI is InChI=1S/C9H18N2O2/c1-11-4-3-9(6-10,7-11)5-8(12)13-2/h3-7,10H2,1-2H3. The highest BCUT2D eigenvalue weighted by molar-refractivity contribution is 5.70. The van der Waals surface area contributed by atoms with E-state index in [2.05, 4.69) is 16.7 Å². The summed E-state index contributed by atoms with van der Waals surface area (Å²) in [5.41, 5.74) is 5.66. The molecule has 0 aliphatic carbocycles. The van der Waals surface area contributed by atoms with Crippen LogP contribution in [-0.2, 0) is 9.53 Å². The van der Waals surface area contributed by atoms with Crippen LogP contribution in [0.2, 0.25) is 0 Å². The molecule has 4 nitrogen and oxygen atoms in total. The number of methoxy groups -OCH3 is 1. The monoisotopic (exact) mass is 186 g/mol. The van der Waals surface area contributed by atoms with Crippen molar-refractivity contribution in [1.82, 2.24) is 4.90 Å². The maximum Gasteiger partial charge on any atom is 0.306 e. The molecule has 0 aromatic rings. The fourth-order valence-electron chi connectivity index (χ4n) is 1.92. The predicted molar refractivity (Wildman–Crippen MR) is 50.2 cm³/mol. The largest absolute Gasteiger partial charge is 0.469 e. The van der Waals surface area contributed by atoms with Crippen LogP contribution in [0.25, 0.3) is 0 Å². The predicted octanol–water partition coefficient (Wildman–Crippen LogP) is -0.170. The van der Waals surface area contributed by atoms with Crippen LogP contribution >= 0.6 is 0 Å². The van der Waals surface area contributed by atoms with E-state index in [1.54, 1.807) is 0 Å². The zero-order valence-electron chi connectivity index (χ0n) is 8.38. The Balaban J connectivity index is 2.55. The maximum absolute atomic E-state index is 11.1. The Hall–Kier alpha value is -0.610. The van der Waals surface area contributed by atoms with E-state index in [4.69, 9.17) is 5.73 Å². The molecule has 0 aromatic carbocycles. The van der Waals surface area contributed by atoms with E-state index in [0.29, 0.717) is 13.0 Å². The first kappa shape index (κ1) is 10.5. The van der Waals surface area contributed by atoms with Crippen LogP contribution < -0.4 is 5.73 Å². The van der Waals surface area contributed by atoms with Crippen LogP contribution in [0.5, 0.6) is 0 Å². The van der Waals surface area contributed by atoms with Crippen LogP contribution in [-0.4, -0.2) is 44.7 Å². The third-order valence-corrected chi connectivity index (χ3v) is 2.81. The Kier molecular flexibility index (Phi) is 3.27. The first-order valence-corrected chi connectivity index (χ1v) is 4.57. The fraction of sp³-hybridized carbons (Fsp3) is 0.889. The number of hydrogen-bond acceptors (Lipinski definition) is 4. The molecule has 0 saturated carbocycles. The number of likely N-dealkylation sites (tertiary alicyclic amines) is 1. The lowest BCUT2D eigenvalue weighted by molar-refractivity contribution is -0.143. The van der Waals surface area contributed by atoms with E-state index in [0.717, 1.165) is 19.5 Å². The smallest absolute Gasteiger partial charge is 0.306 e. The lowest BCUT2D eigenvalue weighted by Gasteiger charge is -2.25.